The quantitative estimate of drug-likeness (QED) is 0.166. The lowest BCUT2D eigenvalue weighted by molar-refractivity contribution is 0.0954. The number of carbonyl (C=O) groups excluding carboxylic acids is 1. The summed E-state index contributed by atoms with van der Waals surface area (Å²) in [5, 5.41) is 26.5. The lowest BCUT2D eigenvalue weighted by atomic mass is 9.93. The zero-order valence-electron chi connectivity index (χ0n) is 26.1. The van der Waals surface area contributed by atoms with Crippen LogP contribution in [0, 0.1) is 5.82 Å². The van der Waals surface area contributed by atoms with E-state index in [-0.39, 0.29) is 40.8 Å². The fourth-order valence-corrected chi connectivity index (χ4v) is 5.86. The van der Waals surface area contributed by atoms with Crippen LogP contribution in [0.1, 0.15) is 73.3 Å². The molecule has 0 saturated heterocycles. The van der Waals surface area contributed by atoms with Crippen molar-refractivity contribution in [1.82, 2.24) is 10.6 Å². The summed E-state index contributed by atoms with van der Waals surface area (Å²) in [5.41, 5.74) is 3.51. The molecule has 8 heteroatoms. The van der Waals surface area contributed by atoms with E-state index in [0.717, 1.165) is 16.7 Å². The van der Waals surface area contributed by atoms with Crippen LogP contribution < -0.4 is 10.6 Å². The van der Waals surface area contributed by atoms with Gasteiger partial charge in [-0.25, -0.2) is 4.39 Å². The van der Waals surface area contributed by atoms with E-state index in [1.54, 1.807) is 18.2 Å². The van der Waals surface area contributed by atoms with Crippen LogP contribution in [0.3, 0.4) is 0 Å². The van der Waals surface area contributed by atoms with Crippen molar-refractivity contribution in [2.75, 3.05) is 13.1 Å². The molecule has 3 aromatic rings. The summed E-state index contributed by atoms with van der Waals surface area (Å²) < 4.78 is 20.3. The summed E-state index contributed by atoms with van der Waals surface area (Å²) in [5.74, 6) is -0.369. The van der Waals surface area contributed by atoms with Gasteiger partial charge in [0, 0.05) is 29.8 Å². The Balaban J connectivity index is 1.68. The summed E-state index contributed by atoms with van der Waals surface area (Å²) in [4.78, 5) is 12.8. The molecule has 1 amide bonds. The lowest BCUT2D eigenvalue weighted by Gasteiger charge is -2.40. The normalized spacial score (nSPS) is 13.2. The van der Waals surface area contributed by atoms with Crippen molar-refractivity contribution in [3.05, 3.63) is 100 Å². The van der Waals surface area contributed by atoms with Crippen molar-refractivity contribution in [2.45, 2.75) is 83.8 Å². The van der Waals surface area contributed by atoms with E-state index in [2.05, 4.69) is 58.3 Å². The highest BCUT2D eigenvalue weighted by atomic mass is 28.4. The van der Waals surface area contributed by atoms with Gasteiger partial charge in [0.15, 0.2) is 8.32 Å². The first kappa shape index (κ1) is 33.5. The number of hydrogen-bond donors (Lipinski definition) is 4. The summed E-state index contributed by atoms with van der Waals surface area (Å²) in [7, 11) is -2.15. The molecule has 0 spiro atoms. The predicted octanol–water partition coefficient (Wildman–Crippen LogP) is 6.67. The maximum atomic E-state index is 13.4. The predicted molar refractivity (Wildman–Crippen MR) is 170 cm³/mol. The van der Waals surface area contributed by atoms with Gasteiger partial charge in [0.1, 0.15) is 11.6 Å². The second-order valence-electron chi connectivity index (χ2n) is 13.2. The highest BCUT2D eigenvalue weighted by Crippen LogP contribution is 2.40. The topological polar surface area (TPSA) is 90.8 Å². The van der Waals surface area contributed by atoms with Crippen LogP contribution in [0.5, 0.6) is 5.75 Å². The third-order valence-electron chi connectivity index (χ3n) is 8.08. The van der Waals surface area contributed by atoms with E-state index in [9.17, 15) is 19.4 Å². The number of nitrogens with one attached hydrogen (secondary N) is 2. The van der Waals surface area contributed by atoms with Gasteiger partial charge >= 0.3 is 0 Å². The molecule has 0 heterocycles. The second kappa shape index (κ2) is 14.0. The Hall–Kier alpha value is -3.04. The van der Waals surface area contributed by atoms with Crippen LogP contribution in [0.25, 0.3) is 0 Å². The third-order valence-corrected chi connectivity index (χ3v) is 12.6. The molecular formula is C34H47FN2O4Si. The first-order valence-corrected chi connectivity index (χ1v) is 17.5. The molecule has 0 radical (unpaired) electrons. The Morgan fingerprint density at radius 1 is 0.976 bits per heavy atom. The smallest absolute Gasteiger partial charge is 0.251 e. The number of carbonyl (C=O) groups is 1. The van der Waals surface area contributed by atoms with E-state index in [1.807, 2.05) is 36.4 Å². The number of phenols is 1. The van der Waals surface area contributed by atoms with Gasteiger partial charge in [-0.15, -0.1) is 0 Å². The Labute approximate surface area is 251 Å². The first-order valence-electron chi connectivity index (χ1n) is 14.6. The zero-order valence-corrected chi connectivity index (χ0v) is 27.1. The molecule has 42 heavy (non-hydrogen) atoms. The second-order valence-corrected chi connectivity index (χ2v) is 17.9. The largest absolute Gasteiger partial charge is 0.508 e. The van der Waals surface area contributed by atoms with Gasteiger partial charge in [-0.2, -0.15) is 0 Å². The van der Waals surface area contributed by atoms with Crippen LogP contribution in [0.15, 0.2) is 66.7 Å². The molecule has 0 aliphatic rings. The number of aliphatic hydroxyl groups is 1. The molecule has 0 unspecified atom stereocenters. The van der Waals surface area contributed by atoms with E-state index in [4.69, 9.17) is 4.43 Å². The molecule has 0 aliphatic heterocycles. The summed E-state index contributed by atoms with van der Waals surface area (Å²) in [6.07, 6.45) is 0.965. The molecule has 1 atom stereocenters. The number of aliphatic hydroxyl groups excluding tert-OH is 1. The Morgan fingerprint density at radius 2 is 1.67 bits per heavy atom. The molecule has 4 N–H and O–H groups in total. The third kappa shape index (κ3) is 9.49. The number of rotatable bonds is 13. The minimum absolute atomic E-state index is 0.00972. The van der Waals surface area contributed by atoms with Gasteiger partial charge in [-0.3, -0.25) is 4.79 Å². The Morgan fingerprint density at radius 3 is 2.33 bits per heavy atom. The van der Waals surface area contributed by atoms with E-state index in [0.29, 0.717) is 37.1 Å². The maximum Gasteiger partial charge on any atom is 0.251 e. The highest BCUT2D eigenvalue weighted by molar-refractivity contribution is 6.74. The van der Waals surface area contributed by atoms with Crippen molar-refractivity contribution in [3.63, 3.8) is 0 Å². The number of halogens is 1. The molecule has 0 aliphatic carbocycles. The lowest BCUT2D eigenvalue weighted by Crippen LogP contribution is -2.47. The Kier molecular flexibility index (Phi) is 11.1. The van der Waals surface area contributed by atoms with Crippen LogP contribution in [-0.2, 0) is 23.9 Å². The van der Waals surface area contributed by atoms with E-state index >= 15 is 0 Å². The summed E-state index contributed by atoms with van der Waals surface area (Å²) >= 11 is 0. The molecule has 3 rings (SSSR count). The summed E-state index contributed by atoms with van der Waals surface area (Å²) in [6, 6.07) is 19.3. The van der Waals surface area contributed by atoms with Crippen LogP contribution in [-0.4, -0.2) is 43.1 Å². The van der Waals surface area contributed by atoms with Gasteiger partial charge in [0.2, 0.25) is 0 Å². The van der Waals surface area contributed by atoms with Crippen molar-refractivity contribution >= 4 is 14.2 Å². The average molecular weight is 595 g/mol. The van der Waals surface area contributed by atoms with Gasteiger partial charge in [0.05, 0.1) is 12.7 Å². The maximum absolute atomic E-state index is 13.4. The molecule has 0 aromatic heterocycles. The van der Waals surface area contributed by atoms with Gasteiger partial charge in [-0.1, -0.05) is 51.1 Å². The van der Waals surface area contributed by atoms with Gasteiger partial charge < -0.3 is 25.3 Å². The van der Waals surface area contributed by atoms with Crippen molar-refractivity contribution in [1.29, 1.82) is 0 Å². The number of aromatic hydroxyl groups is 1. The minimum atomic E-state index is -2.15. The zero-order chi connectivity index (χ0) is 31.1. The highest BCUT2D eigenvalue weighted by Gasteiger charge is 2.39. The average Bonchev–Trinajstić information content (AvgIpc) is 2.90. The van der Waals surface area contributed by atoms with Crippen molar-refractivity contribution in [3.8, 4) is 5.75 Å². The van der Waals surface area contributed by atoms with Crippen LogP contribution >= 0.6 is 0 Å². The van der Waals surface area contributed by atoms with Gasteiger partial charge in [0.25, 0.3) is 5.91 Å². The molecular weight excluding hydrogens is 547 g/mol. The van der Waals surface area contributed by atoms with Crippen LogP contribution in [0.4, 0.5) is 4.39 Å². The van der Waals surface area contributed by atoms with E-state index < -0.39 is 8.32 Å². The number of amides is 1. The van der Waals surface area contributed by atoms with Crippen molar-refractivity contribution < 1.29 is 23.8 Å². The van der Waals surface area contributed by atoms with Crippen LogP contribution in [0.2, 0.25) is 18.1 Å². The fraction of sp³-hybridized carbons (Fsp3) is 0.441. The number of benzene rings is 3. The molecule has 0 fully saturated rings. The molecule has 228 valence electrons. The molecule has 0 bridgehead atoms. The molecule has 3 aromatic carbocycles. The van der Waals surface area contributed by atoms with Crippen molar-refractivity contribution in [2.24, 2.45) is 0 Å². The fourth-order valence-electron chi connectivity index (χ4n) is 4.57. The summed E-state index contributed by atoms with van der Waals surface area (Å²) in [6.45, 7) is 16.0. The van der Waals surface area contributed by atoms with Gasteiger partial charge in [-0.05, 0) is 97.9 Å². The molecule has 0 saturated carbocycles. The molecule has 6 nitrogen and oxygen atoms in total. The first-order chi connectivity index (χ1) is 19.6. The standard InChI is InChI=1S/C34H47FN2O4Si/c1-33(2,3)42(6,7)41-31(26-14-15-30(39)28(20-26)23-38)22-37-34(4,5)21-25-11-8-12-27(18-25)32(40)36-17-16-24-10-9-13-29(35)19-24/h8-15,18-20,31,37-39H,16-17,21-23H2,1-7H3,(H,36,40)/t31-/m1/s1. The Bertz CT molecular complexity index is 1350. The number of hydrogen-bond acceptors (Lipinski definition) is 5. The minimum Gasteiger partial charge on any atom is -0.508 e. The van der Waals surface area contributed by atoms with E-state index in [1.165, 1.54) is 12.1 Å². The monoisotopic (exact) mass is 594 g/mol. The SMILES string of the molecule is CC(C)(Cc1cccc(C(=O)NCCc2cccc(F)c2)c1)NC[C@@H](O[Si](C)(C)C(C)(C)C)c1ccc(O)c(CO)c1.